The maximum Gasteiger partial charge on any atom is 0.118 e. The first-order valence-corrected chi connectivity index (χ1v) is 3.59. The normalized spacial score (nSPS) is 16.3. The van der Waals surface area contributed by atoms with E-state index in [0.717, 1.165) is 18.8 Å². The Bertz CT molecular complexity index is 175. The van der Waals surface area contributed by atoms with E-state index in [1.807, 2.05) is 25.2 Å². The first-order chi connectivity index (χ1) is 4.93. The largest absolute Gasteiger partial charge is 0.494 e. The van der Waals surface area contributed by atoms with Gasteiger partial charge in [0.15, 0.2) is 0 Å². The van der Waals surface area contributed by atoms with Gasteiger partial charge in [-0.1, -0.05) is 18.2 Å². The molecule has 0 heterocycles. The van der Waals surface area contributed by atoms with Crippen molar-refractivity contribution in [1.82, 2.24) is 0 Å². The van der Waals surface area contributed by atoms with E-state index in [2.05, 4.69) is 12.2 Å². The molecule has 1 heteroatoms. The molecule has 1 rings (SSSR count). The maximum atomic E-state index is 5.29. The Balaban J connectivity index is 2.55. The van der Waals surface area contributed by atoms with Crippen molar-refractivity contribution < 1.29 is 4.74 Å². The fourth-order valence-corrected chi connectivity index (χ4v) is 0.823. The van der Waals surface area contributed by atoms with Gasteiger partial charge < -0.3 is 4.74 Å². The van der Waals surface area contributed by atoms with Crippen LogP contribution in [0.15, 0.2) is 36.1 Å². The van der Waals surface area contributed by atoms with E-state index < -0.39 is 0 Å². The highest BCUT2D eigenvalue weighted by Gasteiger charge is 1.89. The van der Waals surface area contributed by atoms with Crippen LogP contribution in [0.25, 0.3) is 0 Å². The minimum Gasteiger partial charge on any atom is -0.494 e. The van der Waals surface area contributed by atoms with Crippen LogP contribution in [-0.4, -0.2) is 6.61 Å². The molecule has 0 spiro atoms. The lowest BCUT2D eigenvalue weighted by atomic mass is 10.4. The van der Waals surface area contributed by atoms with Crippen LogP contribution in [0.4, 0.5) is 0 Å². The summed E-state index contributed by atoms with van der Waals surface area (Å²) in [5.74, 6) is 0.955. The topological polar surface area (TPSA) is 9.23 Å². The van der Waals surface area contributed by atoms with Crippen molar-refractivity contribution in [2.45, 2.75) is 13.3 Å². The number of hydrogen-bond donors (Lipinski definition) is 0. The SMILES string of the molecule is CCOC1=CC=CCC=C1. The molecule has 0 unspecified atom stereocenters. The van der Waals surface area contributed by atoms with Crippen LogP contribution in [0.1, 0.15) is 13.3 Å². The summed E-state index contributed by atoms with van der Waals surface area (Å²) in [6.45, 7) is 2.73. The molecule has 0 aromatic heterocycles. The van der Waals surface area contributed by atoms with Gasteiger partial charge in [0.2, 0.25) is 0 Å². The van der Waals surface area contributed by atoms with Crippen LogP contribution in [0.3, 0.4) is 0 Å². The van der Waals surface area contributed by atoms with Gasteiger partial charge in [-0.2, -0.15) is 0 Å². The molecule has 0 aromatic carbocycles. The van der Waals surface area contributed by atoms with Crippen molar-refractivity contribution in [3.8, 4) is 0 Å². The number of rotatable bonds is 2. The predicted octanol–water partition coefficient (Wildman–Crippen LogP) is 2.42. The Morgan fingerprint density at radius 3 is 3.20 bits per heavy atom. The molecule has 1 nitrogen and oxygen atoms in total. The van der Waals surface area contributed by atoms with Crippen molar-refractivity contribution in [3.05, 3.63) is 36.1 Å². The standard InChI is InChI=1S/C9H12O/c1-2-10-9-7-5-3-4-6-8-9/h3,5-8H,2,4H2,1H3. The van der Waals surface area contributed by atoms with Gasteiger partial charge in [-0.15, -0.1) is 0 Å². The molecule has 0 saturated heterocycles. The molecule has 10 heavy (non-hydrogen) atoms. The summed E-state index contributed by atoms with van der Waals surface area (Å²) >= 11 is 0. The molecule has 0 saturated carbocycles. The zero-order chi connectivity index (χ0) is 7.23. The average Bonchev–Trinajstić information content (AvgIpc) is 2.17. The predicted molar refractivity (Wildman–Crippen MR) is 42.6 cm³/mol. The van der Waals surface area contributed by atoms with Crippen LogP contribution < -0.4 is 0 Å². The zero-order valence-corrected chi connectivity index (χ0v) is 6.21. The summed E-state index contributed by atoms with van der Waals surface area (Å²) in [5, 5.41) is 0. The third-order valence-electron chi connectivity index (χ3n) is 1.26. The van der Waals surface area contributed by atoms with E-state index in [1.165, 1.54) is 0 Å². The number of hydrogen-bond acceptors (Lipinski definition) is 1. The van der Waals surface area contributed by atoms with Crippen LogP contribution in [-0.2, 0) is 4.74 Å². The van der Waals surface area contributed by atoms with Crippen LogP contribution in [0, 0.1) is 0 Å². The number of ether oxygens (including phenoxy) is 1. The van der Waals surface area contributed by atoms with Crippen LogP contribution in [0.2, 0.25) is 0 Å². The quantitative estimate of drug-likeness (QED) is 0.566. The van der Waals surface area contributed by atoms with E-state index >= 15 is 0 Å². The second-order valence-electron chi connectivity index (χ2n) is 2.07. The van der Waals surface area contributed by atoms with E-state index in [-0.39, 0.29) is 0 Å². The first kappa shape index (κ1) is 7.13. The summed E-state index contributed by atoms with van der Waals surface area (Å²) in [6, 6.07) is 0. The maximum absolute atomic E-state index is 5.29. The van der Waals surface area contributed by atoms with Crippen LogP contribution in [0.5, 0.6) is 0 Å². The lowest BCUT2D eigenvalue weighted by Gasteiger charge is -2.00. The highest BCUT2D eigenvalue weighted by Crippen LogP contribution is 2.04. The molecule has 54 valence electrons. The van der Waals surface area contributed by atoms with Gasteiger partial charge in [0, 0.05) is 0 Å². The molecule has 0 amide bonds. The van der Waals surface area contributed by atoms with Crippen molar-refractivity contribution >= 4 is 0 Å². The second-order valence-corrected chi connectivity index (χ2v) is 2.07. The van der Waals surface area contributed by atoms with E-state index in [9.17, 15) is 0 Å². The smallest absolute Gasteiger partial charge is 0.118 e. The Labute approximate surface area is 61.7 Å². The fraction of sp³-hybridized carbons (Fsp3) is 0.333. The van der Waals surface area contributed by atoms with Crippen molar-refractivity contribution in [2.24, 2.45) is 0 Å². The van der Waals surface area contributed by atoms with Gasteiger partial charge in [-0.25, -0.2) is 0 Å². The summed E-state index contributed by atoms with van der Waals surface area (Å²) in [7, 11) is 0. The minimum atomic E-state index is 0.740. The summed E-state index contributed by atoms with van der Waals surface area (Å²) in [6.07, 6.45) is 11.2. The van der Waals surface area contributed by atoms with Gasteiger partial charge in [-0.05, 0) is 25.5 Å². The van der Waals surface area contributed by atoms with Gasteiger partial charge >= 0.3 is 0 Å². The van der Waals surface area contributed by atoms with Gasteiger partial charge in [0.25, 0.3) is 0 Å². The van der Waals surface area contributed by atoms with Crippen molar-refractivity contribution in [1.29, 1.82) is 0 Å². The molecular weight excluding hydrogens is 124 g/mol. The lowest BCUT2D eigenvalue weighted by Crippen LogP contribution is -1.86. The molecule has 1 aliphatic rings. The Hall–Kier alpha value is -0.980. The highest BCUT2D eigenvalue weighted by molar-refractivity contribution is 5.22. The molecule has 0 atom stereocenters. The van der Waals surface area contributed by atoms with Gasteiger partial charge in [0.1, 0.15) is 5.76 Å². The average molecular weight is 136 g/mol. The minimum absolute atomic E-state index is 0.740. The lowest BCUT2D eigenvalue weighted by molar-refractivity contribution is 0.242. The number of allylic oxidation sites excluding steroid dienone is 5. The molecule has 1 aliphatic carbocycles. The molecule has 0 N–H and O–H groups in total. The van der Waals surface area contributed by atoms with E-state index in [1.54, 1.807) is 0 Å². The van der Waals surface area contributed by atoms with Crippen LogP contribution >= 0.6 is 0 Å². The van der Waals surface area contributed by atoms with Crippen molar-refractivity contribution in [3.63, 3.8) is 0 Å². The molecule has 0 fully saturated rings. The van der Waals surface area contributed by atoms with Gasteiger partial charge in [0.05, 0.1) is 6.61 Å². The van der Waals surface area contributed by atoms with Gasteiger partial charge in [-0.3, -0.25) is 0 Å². The fourth-order valence-electron chi connectivity index (χ4n) is 0.823. The molecule has 0 radical (unpaired) electrons. The highest BCUT2D eigenvalue weighted by atomic mass is 16.5. The van der Waals surface area contributed by atoms with Crippen molar-refractivity contribution in [2.75, 3.05) is 6.61 Å². The first-order valence-electron chi connectivity index (χ1n) is 3.59. The molecule has 0 bridgehead atoms. The Kier molecular flexibility index (Phi) is 2.81. The summed E-state index contributed by atoms with van der Waals surface area (Å²) in [4.78, 5) is 0. The summed E-state index contributed by atoms with van der Waals surface area (Å²) in [5.41, 5.74) is 0. The second kappa shape index (κ2) is 3.94. The van der Waals surface area contributed by atoms with E-state index in [0.29, 0.717) is 0 Å². The Morgan fingerprint density at radius 2 is 2.40 bits per heavy atom. The zero-order valence-electron chi connectivity index (χ0n) is 6.21. The summed E-state index contributed by atoms with van der Waals surface area (Å²) < 4.78 is 5.29. The molecule has 0 aromatic rings. The van der Waals surface area contributed by atoms with E-state index in [4.69, 9.17) is 4.74 Å². The Morgan fingerprint density at radius 1 is 1.50 bits per heavy atom. The third kappa shape index (κ3) is 2.09. The molecular formula is C9H12O. The molecule has 0 aliphatic heterocycles. The monoisotopic (exact) mass is 136 g/mol. The third-order valence-corrected chi connectivity index (χ3v) is 1.26.